The molecule has 0 aliphatic heterocycles. The second-order valence-electron chi connectivity index (χ2n) is 4.13. The highest BCUT2D eigenvalue weighted by atomic mass is 19.3. The Bertz CT molecular complexity index is 633. The molecule has 0 amide bonds. The molecule has 0 unspecified atom stereocenters. The van der Waals surface area contributed by atoms with Gasteiger partial charge in [-0.25, -0.2) is 13.2 Å². The first-order chi connectivity index (χ1) is 9.95. The summed E-state index contributed by atoms with van der Waals surface area (Å²) in [6.45, 7) is -2.99. The standard InChI is InChI=1S/C14H10F5NO/c15-10-3-1-8(5-11(10)16)7-20-9-2-4-13(12(17)6-9)21-14(18)19/h1-6,14,20H,7H2. The summed E-state index contributed by atoms with van der Waals surface area (Å²) < 4.78 is 67.1. The summed E-state index contributed by atoms with van der Waals surface area (Å²) >= 11 is 0. The molecular weight excluding hydrogens is 293 g/mol. The minimum absolute atomic E-state index is 0.117. The zero-order valence-corrected chi connectivity index (χ0v) is 10.5. The van der Waals surface area contributed by atoms with Gasteiger partial charge in [0.05, 0.1) is 0 Å². The average molecular weight is 303 g/mol. The number of hydrogen-bond donors (Lipinski definition) is 1. The van der Waals surface area contributed by atoms with Crippen LogP contribution < -0.4 is 10.1 Å². The highest BCUT2D eigenvalue weighted by molar-refractivity contribution is 5.47. The van der Waals surface area contributed by atoms with E-state index < -0.39 is 29.8 Å². The molecule has 0 radical (unpaired) electrons. The van der Waals surface area contributed by atoms with Crippen LogP contribution >= 0.6 is 0 Å². The van der Waals surface area contributed by atoms with Gasteiger partial charge in [-0.3, -0.25) is 0 Å². The van der Waals surface area contributed by atoms with Crippen molar-refractivity contribution in [1.82, 2.24) is 0 Å². The number of alkyl halides is 2. The minimum atomic E-state index is -3.11. The molecule has 0 heterocycles. The van der Waals surface area contributed by atoms with E-state index in [9.17, 15) is 22.0 Å². The average Bonchev–Trinajstić information content (AvgIpc) is 2.42. The van der Waals surface area contributed by atoms with Crippen LogP contribution in [-0.4, -0.2) is 6.61 Å². The van der Waals surface area contributed by atoms with Gasteiger partial charge in [-0.05, 0) is 29.8 Å². The van der Waals surface area contributed by atoms with Crippen molar-refractivity contribution in [1.29, 1.82) is 0 Å². The van der Waals surface area contributed by atoms with Gasteiger partial charge < -0.3 is 10.1 Å². The van der Waals surface area contributed by atoms with E-state index in [0.29, 0.717) is 11.3 Å². The number of ether oxygens (including phenoxy) is 1. The van der Waals surface area contributed by atoms with E-state index in [1.54, 1.807) is 0 Å². The van der Waals surface area contributed by atoms with E-state index >= 15 is 0 Å². The quantitative estimate of drug-likeness (QED) is 0.831. The molecule has 2 rings (SSSR count). The molecule has 112 valence electrons. The molecular formula is C14H10F5NO. The maximum atomic E-state index is 13.4. The van der Waals surface area contributed by atoms with E-state index in [0.717, 1.165) is 24.3 Å². The lowest BCUT2D eigenvalue weighted by Gasteiger charge is -2.10. The lowest BCUT2D eigenvalue weighted by atomic mass is 10.2. The fraction of sp³-hybridized carbons (Fsp3) is 0.143. The van der Waals surface area contributed by atoms with Crippen LogP contribution in [0.1, 0.15) is 5.56 Å². The lowest BCUT2D eigenvalue weighted by molar-refractivity contribution is -0.0521. The van der Waals surface area contributed by atoms with E-state index in [4.69, 9.17) is 0 Å². The van der Waals surface area contributed by atoms with Crippen molar-refractivity contribution < 1.29 is 26.7 Å². The molecule has 2 aromatic carbocycles. The highest BCUT2D eigenvalue weighted by Gasteiger charge is 2.10. The Morgan fingerprint density at radius 1 is 0.905 bits per heavy atom. The van der Waals surface area contributed by atoms with Crippen LogP contribution in [0.5, 0.6) is 5.75 Å². The molecule has 2 nitrogen and oxygen atoms in total. The fourth-order valence-electron chi connectivity index (χ4n) is 1.66. The molecule has 0 aromatic heterocycles. The molecule has 0 bridgehead atoms. The van der Waals surface area contributed by atoms with Crippen LogP contribution in [0.25, 0.3) is 0 Å². The Labute approximate surface area is 117 Å². The summed E-state index contributed by atoms with van der Waals surface area (Å²) in [7, 11) is 0. The van der Waals surface area contributed by atoms with Crippen molar-refractivity contribution in [3.63, 3.8) is 0 Å². The van der Waals surface area contributed by atoms with Gasteiger partial charge in [0.1, 0.15) is 0 Å². The maximum Gasteiger partial charge on any atom is 0.387 e. The predicted octanol–water partition coefficient (Wildman–Crippen LogP) is 4.32. The smallest absolute Gasteiger partial charge is 0.387 e. The van der Waals surface area contributed by atoms with Gasteiger partial charge in [-0.15, -0.1) is 0 Å². The number of hydrogen-bond acceptors (Lipinski definition) is 2. The van der Waals surface area contributed by atoms with Crippen LogP contribution in [0.3, 0.4) is 0 Å². The van der Waals surface area contributed by atoms with E-state index in [1.165, 1.54) is 12.1 Å². The molecule has 21 heavy (non-hydrogen) atoms. The second-order valence-corrected chi connectivity index (χ2v) is 4.13. The van der Waals surface area contributed by atoms with Crippen LogP contribution in [0.2, 0.25) is 0 Å². The summed E-state index contributed by atoms with van der Waals surface area (Å²) in [6, 6.07) is 6.71. The van der Waals surface area contributed by atoms with Gasteiger partial charge in [-0.1, -0.05) is 6.07 Å². The van der Waals surface area contributed by atoms with Crippen LogP contribution in [0.15, 0.2) is 36.4 Å². The summed E-state index contributed by atoms with van der Waals surface area (Å²) in [6.07, 6.45) is 0. The van der Waals surface area contributed by atoms with Crippen LogP contribution in [0, 0.1) is 17.5 Å². The third kappa shape index (κ3) is 4.08. The predicted molar refractivity (Wildman–Crippen MR) is 66.7 cm³/mol. The molecule has 0 saturated carbocycles. The number of halogens is 5. The van der Waals surface area contributed by atoms with Crippen molar-refractivity contribution in [2.45, 2.75) is 13.2 Å². The molecule has 0 atom stereocenters. The van der Waals surface area contributed by atoms with Gasteiger partial charge in [0, 0.05) is 18.3 Å². The molecule has 0 aliphatic rings. The van der Waals surface area contributed by atoms with Crippen molar-refractivity contribution >= 4 is 5.69 Å². The second kappa shape index (κ2) is 6.43. The summed E-state index contributed by atoms with van der Waals surface area (Å²) in [4.78, 5) is 0. The van der Waals surface area contributed by atoms with Gasteiger partial charge in [0.15, 0.2) is 23.2 Å². The first-order valence-electron chi connectivity index (χ1n) is 5.88. The first kappa shape index (κ1) is 15.1. The summed E-state index contributed by atoms with van der Waals surface area (Å²) in [5.41, 5.74) is 0.737. The number of anilines is 1. The topological polar surface area (TPSA) is 21.3 Å². The van der Waals surface area contributed by atoms with Crippen LogP contribution in [-0.2, 0) is 6.54 Å². The number of nitrogens with one attached hydrogen (secondary N) is 1. The Morgan fingerprint density at radius 2 is 1.67 bits per heavy atom. The minimum Gasteiger partial charge on any atom is -0.432 e. The van der Waals surface area contributed by atoms with Crippen molar-refractivity contribution in [2.75, 3.05) is 5.32 Å². The molecule has 0 spiro atoms. The van der Waals surface area contributed by atoms with Gasteiger partial charge in [-0.2, -0.15) is 8.78 Å². The van der Waals surface area contributed by atoms with Gasteiger partial charge in [0.2, 0.25) is 0 Å². The summed E-state index contributed by atoms with van der Waals surface area (Å²) in [5, 5.41) is 2.76. The SMILES string of the molecule is Fc1ccc(CNc2ccc(OC(F)F)c(F)c2)cc1F. The largest absolute Gasteiger partial charge is 0.432 e. The Kier molecular flexibility index (Phi) is 4.62. The van der Waals surface area contributed by atoms with Crippen molar-refractivity contribution in [2.24, 2.45) is 0 Å². The zero-order chi connectivity index (χ0) is 15.4. The summed E-state index contributed by atoms with van der Waals surface area (Å²) in [5.74, 6) is -3.46. The van der Waals surface area contributed by atoms with Crippen LogP contribution in [0.4, 0.5) is 27.6 Å². The van der Waals surface area contributed by atoms with Gasteiger partial charge >= 0.3 is 6.61 Å². The van der Waals surface area contributed by atoms with Crippen molar-refractivity contribution in [3.05, 3.63) is 59.4 Å². The normalized spacial score (nSPS) is 10.8. The molecule has 0 aliphatic carbocycles. The molecule has 1 N–H and O–H groups in total. The highest BCUT2D eigenvalue weighted by Crippen LogP contribution is 2.23. The maximum absolute atomic E-state index is 13.4. The van der Waals surface area contributed by atoms with E-state index in [1.807, 2.05) is 0 Å². The zero-order valence-electron chi connectivity index (χ0n) is 10.5. The fourth-order valence-corrected chi connectivity index (χ4v) is 1.66. The molecule has 2 aromatic rings. The first-order valence-corrected chi connectivity index (χ1v) is 5.88. The Morgan fingerprint density at radius 3 is 2.29 bits per heavy atom. The monoisotopic (exact) mass is 303 g/mol. The Balaban J connectivity index is 2.03. The van der Waals surface area contributed by atoms with E-state index in [2.05, 4.69) is 10.1 Å². The molecule has 7 heteroatoms. The lowest BCUT2D eigenvalue weighted by Crippen LogP contribution is -2.05. The van der Waals surface area contributed by atoms with Crippen molar-refractivity contribution in [3.8, 4) is 5.75 Å². The van der Waals surface area contributed by atoms with E-state index in [-0.39, 0.29) is 6.54 Å². The third-order valence-electron chi connectivity index (χ3n) is 2.63. The molecule has 0 fully saturated rings. The molecule has 0 saturated heterocycles. The number of benzene rings is 2. The van der Waals surface area contributed by atoms with Gasteiger partial charge in [0.25, 0.3) is 0 Å². The Hall–Kier alpha value is -2.31. The third-order valence-corrected chi connectivity index (χ3v) is 2.63. The number of rotatable bonds is 5.